The minimum atomic E-state index is 0.714. The van der Waals surface area contributed by atoms with Crippen molar-refractivity contribution >= 4 is 17.6 Å². The van der Waals surface area contributed by atoms with Crippen LogP contribution in [0.1, 0.15) is 34.0 Å². The van der Waals surface area contributed by atoms with Crippen LogP contribution in [0, 0.1) is 0 Å². The van der Waals surface area contributed by atoms with Gasteiger partial charge >= 0.3 is 0 Å². The molecule has 0 aromatic carbocycles. The average Bonchev–Trinajstić information content (AvgIpc) is 2.69. The topological polar surface area (TPSA) is 17.1 Å². The van der Waals surface area contributed by atoms with E-state index in [4.69, 9.17) is 0 Å². The number of carbonyl (C=O) groups excluding carboxylic acids is 1. The van der Waals surface area contributed by atoms with E-state index in [9.17, 15) is 4.79 Å². The van der Waals surface area contributed by atoms with Crippen LogP contribution < -0.4 is 0 Å². The second kappa shape index (κ2) is 2.20. The quantitative estimate of drug-likeness (QED) is 0.595. The number of carbonyl (C=O) groups is 1. The van der Waals surface area contributed by atoms with E-state index in [1.165, 1.54) is 18.4 Å². The predicted octanol–water partition coefficient (Wildman–Crippen LogP) is 2.44. The molecule has 1 saturated carbocycles. The lowest BCUT2D eigenvalue weighted by atomic mass is 10.2. The van der Waals surface area contributed by atoms with Crippen LogP contribution in [-0.2, 0) is 0 Å². The first-order valence-electron chi connectivity index (χ1n) is 3.44. The average molecular weight is 152 g/mol. The molecular weight excluding hydrogens is 144 g/mol. The van der Waals surface area contributed by atoms with Crippen molar-refractivity contribution < 1.29 is 4.79 Å². The zero-order valence-electron chi connectivity index (χ0n) is 5.54. The van der Waals surface area contributed by atoms with Gasteiger partial charge in [-0.1, -0.05) is 0 Å². The Bertz CT molecular complexity index is 248. The van der Waals surface area contributed by atoms with Gasteiger partial charge < -0.3 is 0 Å². The molecule has 1 aromatic rings. The maximum absolute atomic E-state index is 10.4. The fourth-order valence-corrected chi connectivity index (χ4v) is 1.95. The minimum Gasteiger partial charge on any atom is -0.297 e. The maximum Gasteiger partial charge on any atom is 0.160 e. The number of hydrogen-bond donors (Lipinski definition) is 0. The fraction of sp³-hybridized carbons (Fsp3) is 0.375. The summed E-state index contributed by atoms with van der Waals surface area (Å²) in [7, 11) is 0. The van der Waals surface area contributed by atoms with Crippen LogP contribution in [0.3, 0.4) is 0 Å². The monoisotopic (exact) mass is 152 g/mol. The molecule has 52 valence electrons. The van der Waals surface area contributed by atoms with Crippen LogP contribution in [0.4, 0.5) is 0 Å². The Morgan fingerprint density at radius 3 is 3.00 bits per heavy atom. The first-order valence-corrected chi connectivity index (χ1v) is 4.32. The Morgan fingerprint density at radius 1 is 1.60 bits per heavy atom. The molecule has 2 rings (SSSR count). The molecule has 0 amide bonds. The second-order valence-electron chi connectivity index (χ2n) is 2.63. The van der Waals surface area contributed by atoms with Gasteiger partial charge in [-0.2, -0.15) is 0 Å². The molecule has 0 unspecified atom stereocenters. The van der Waals surface area contributed by atoms with Gasteiger partial charge in [-0.15, -0.1) is 11.3 Å². The molecular formula is C8H8OS. The summed E-state index contributed by atoms with van der Waals surface area (Å²) in [6.07, 6.45) is 3.52. The zero-order valence-corrected chi connectivity index (χ0v) is 6.36. The molecule has 1 heterocycles. The van der Waals surface area contributed by atoms with Crippen molar-refractivity contribution in [3.63, 3.8) is 0 Å². The van der Waals surface area contributed by atoms with E-state index in [1.54, 1.807) is 11.3 Å². The van der Waals surface area contributed by atoms with Gasteiger partial charge in [0.15, 0.2) is 6.29 Å². The molecule has 0 N–H and O–H groups in total. The highest BCUT2D eigenvalue weighted by Gasteiger charge is 2.26. The molecule has 1 nitrogen and oxygen atoms in total. The van der Waals surface area contributed by atoms with Crippen LogP contribution in [0.5, 0.6) is 0 Å². The van der Waals surface area contributed by atoms with E-state index in [2.05, 4.69) is 6.07 Å². The standard InChI is InChI=1S/C8H8OS/c9-5-8-7(3-4-10-8)6-1-2-6/h3-6H,1-2H2. The summed E-state index contributed by atoms with van der Waals surface area (Å²) in [6.45, 7) is 0. The molecule has 2 heteroatoms. The lowest BCUT2D eigenvalue weighted by Crippen LogP contribution is -1.79. The highest BCUT2D eigenvalue weighted by atomic mass is 32.1. The summed E-state index contributed by atoms with van der Waals surface area (Å²) in [5, 5.41) is 2.00. The molecule has 0 aliphatic heterocycles. The Balaban J connectivity index is 2.37. The summed E-state index contributed by atoms with van der Waals surface area (Å²) < 4.78 is 0. The Hall–Kier alpha value is -0.630. The van der Waals surface area contributed by atoms with Crippen molar-refractivity contribution in [2.24, 2.45) is 0 Å². The van der Waals surface area contributed by atoms with Gasteiger partial charge in [-0.3, -0.25) is 4.79 Å². The molecule has 1 aliphatic rings. The van der Waals surface area contributed by atoms with E-state index in [1.807, 2.05) is 5.38 Å². The van der Waals surface area contributed by atoms with Crippen molar-refractivity contribution in [2.45, 2.75) is 18.8 Å². The highest BCUT2D eigenvalue weighted by Crippen LogP contribution is 2.42. The lowest BCUT2D eigenvalue weighted by molar-refractivity contribution is 0.112. The van der Waals surface area contributed by atoms with Gasteiger partial charge in [0.2, 0.25) is 0 Å². The molecule has 0 radical (unpaired) electrons. The first kappa shape index (κ1) is 6.10. The van der Waals surface area contributed by atoms with Gasteiger partial charge in [0.25, 0.3) is 0 Å². The smallest absolute Gasteiger partial charge is 0.160 e. The molecule has 0 spiro atoms. The van der Waals surface area contributed by atoms with Crippen LogP contribution in [-0.4, -0.2) is 6.29 Å². The number of thiophene rings is 1. The van der Waals surface area contributed by atoms with Gasteiger partial charge in [0.05, 0.1) is 4.88 Å². The van der Waals surface area contributed by atoms with Gasteiger partial charge in [-0.05, 0) is 35.8 Å². The molecule has 0 bridgehead atoms. The Morgan fingerprint density at radius 2 is 2.40 bits per heavy atom. The minimum absolute atomic E-state index is 0.714. The third-order valence-corrected chi connectivity index (χ3v) is 2.71. The Kier molecular flexibility index (Phi) is 1.34. The summed E-state index contributed by atoms with van der Waals surface area (Å²) >= 11 is 1.55. The molecule has 0 saturated heterocycles. The van der Waals surface area contributed by atoms with E-state index in [-0.39, 0.29) is 0 Å². The molecule has 1 fully saturated rings. The largest absolute Gasteiger partial charge is 0.297 e. The van der Waals surface area contributed by atoms with Crippen molar-refractivity contribution in [2.75, 3.05) is 0 Å². The van der Waals surface area contributed by atoms with E-state index in [0.717, 1.165) is 11.2 Å². The van der Waals surface area contributed by atoms with E-state index in [0.29, 0.717) is 5.92 Å². The Labute approximate surface area is 63.7 Å². The number of rotatable bonds is 2. The molecule has 1 aliphatic carbocycles. The van der Waals surface area contributed by atoms with E-state index < -0.39 is 0 Å². The first-order chi connectivity index (χ1) is 4.92. The van der Waals surface area contributed by atoms with Crippen molar-refractivity contribution in [1.29, 1.82) is 0 Å². The molecule has 1 aromatic heterocycles. The summed E-state index contributed by atoms with van der Waals surface area (Å²) in [6, 6.07) is 2.08. The van der Waals surface area contributed by atoms with Gasteiger partial charge in [0.1, 0.15) is 0 Å². The highest BCUT2D eigenvalue weighted by molar-refractivity contribution is 7.11. The van der Waals surface area contributed by atoms with Crippen LogP contribution >= 0.6 is 11.3 Å². The van der Waals surface area contributed by atoms with Crippen LogP contribution in [0.25, 0.3) is 0 Å². The van der Waals surface area contributed by atoms with Crippen LogP contribution in [0.15, 0.2) is 11.4 Å². The van der Waals surface area contributed by atoms with Gasteiger partial charge in [0, 0.05) is 0 Å². The van der Waals surface area contributed by atoms with Gasteiger partial charge in [-0.25, -0.2) is 0 Å². The molecule has 10 heavy (non-hydrogen) atoms. The van der Waals surface area contributed by atoms with Crippen molar-refractivity contribution in [3.8, 4) is 0 Å². The fourth-order valence-electron chi connectivity index (χ4n) is 1.16. The summed E-state index contributed by atoms with van der Waals surface area (Å²) in [5.74, 6) is 0.714. The third-order valence-electron chi connectivity index (χ3n) is 1.85. The van der Waals surface area contributed by atoms with Crippen molar-refractivity contribution in [3.05, 3.63) is 21.9 Å². The normalized spacial score (nSPS) is 17.2. The third kappa shape index (κ3) is 0.886. The summed E-state index contributed by atoms with van der Waals surface area (Å²) in [4.78, 5) is 11.4. The number of aldehydes is 1. The van der Waals surface area contributed by atoms with Crippen LogP contribution in [0.2, 0.25) is 0 Å². The van der Waals surface area contributed by atoms with E-state index >= 15 is 0 Å². The molecule has 0 atom stereocenters. The number of hydrogen-bond acceptors (Lipinski definition) is 2. The van der Waals surface area contributed by atoms with Crippen molar-refractivity contribution in [1.82, 2.24) is 0 Å². The lowest BCUT2D eigenvalue weighted by Gasteiger charge is -1.89. The second-order valence-corrected chi connectivity index (χ2v) is 3.58. The summed E-state index contributed by atoms with van der Waals surface area (Å²) in [5.41, 5.74) is 1.28. The predicted molar refractivity (Wildman–Crippen MR) is 41.7 cm³/mol. The SMILES string of the molecule is O=Cc1sccc1C1CC1. The maximum atomic E-state index is 10.4. The zero-order chi connectivity index (χ0) is 6.97.